The van der Waals surface area contributed by atoms with E-state index < -0.39 is 16.2 Å². The minimum Gasteiger partial charge on any atom is -0.256 e. The summed E-state index contributed by atoms with van der Waals surface area (Å²) >= 11 is 0. The van der Waals surface area contributed by atoms with Crippen LogP contribution >= 0.6 is 0 Å². The average Bonchev–Trinajstić information content (AvgIpc) is 2.66. The van der Waals surface area contributed by atoms with Crippen LogP contribution in [0.2, 0.25) is 0 Å². The van der Waals surface area contributed by atoms with E-state index in [1.165, 1.54) is 27.3 Å². The minimum absolute atomic E-state index is 0.112. The summed E-state index contributed by atoms with van der Waals surface area (Å²) in [6.07, 6.45) is 5.36. The van der Waals surface area contributed by atoms with Gasteiger partial charge in [-0.2, -0.15) is 14.4 Å². The Kier molecular flexibility index (Phi) is 4.14. The summed E-state index contributed by atoms with van der Waals surface area (Å²) in [4.78, 5) is 14.1. The molecule has 1 fully saturated rings. The lowest BCUT2D eigenvalue weighted by atomic mass is 10.2. The molecule has 1 atom stereocenters. The van der Waals surface area contributed by atoms with Crippen molar-refractivity contribution < 1.29 is 13.2 Å². The van der Waals surface area contributed by atoms with Gasteiger partial charge >= 0.3 is 0 Å². The number of aryl methyl sites for hydroxylation is 1. The van der Waals surface area contributed by atoms with Gasteiger partial charge in [-0.3, -0.25) is 4.68 Å². The fourth-order valence-corrected chi connectivity index (χ4v) is 3.97. The van der Waals surface area contributed by atoms with Crippen molar-refractivity contribution in [2.24, 2.45) is 12.0 Å². The number of hydrogen-bond donors (Lipinski definition) is 0. The summed E-state index contributed by atoms with van der Waals surface area (Å²) in [6.45, 7) is 0.364. The molecular weight excluding hydrogens is 268 g/mol. The van der Waals surface area contributed by atoms with Crippen LogP contribution in [-0.2, 0) is 21.9 Å². The standard InChI is InChI=1S/C11H16N4O3S/c1-14-11(6-7-13-14)19(17,18)15-8-4-2-3-5-10(15)12-9-16/h6-7,10H,2-5,8H2,1H3. The normalized spacial score (nSPS) is 21.6. The molecule has 1 saturated heterocycles. The van der Waals surface area contributed by atoms with E-state index >= 15 is 0 Å². The Labute approximate surface area is 112 Å². The summed E-state index contributed by atoms with van der Waals surface area (Å²) in [5, 5.41) is 3.99. The van der Waals surface area contributed by atoms with Gasteiger partial charge in [-0.1, -0.05) is 6.42 Å². The molecule has 8 heteroatoms. The Balaban J connectivity index is 2.41. The first kappa shape index (κ1) is 13.9. The molecule has 0 aromatic carbocycles. The van der Waals surface area contributed by atoms with Crippen LogP contribution in [-0.4, -0.2) is 41.3 Å². The fourth-order valence-electron chi connectivity index (χ4n) is 2.27. The molecule has 1 unspecified atom stereocenters. The van der Waals surface area contributed by atoms with E-state index in [2.05, 4.69) is 10.1 Å². The zero-order valence-corrected chi connectivity index (χ0v) is 11.5. The molecular formula is C11H16N4O3S. The number of hydrogen-bond acceptors (Lipinski definition) is 5. The van der Waals surface area contributed by atoms with E-state index in [-0.39, 0.29) is 5.03 Å². The molecule has 1 aromatic rings. The number of sulfonamides is 1. The summed E-state index contributed by atoms with van der Waals surface area (Å²) in [7, 11) is -2.11. The van der Waals surface area contributed by atoms with Gasteiger partial charge in [0.25, 0.3) is 10.0 Å². The highest BCUT2D eigenvalue weighted by atomic mass is 32.2. The predicted octanol–water partition coefficient (Wildman–Crippen LogP) is 0.647. The Morgan fingerprint density at radius 1 is 1.42 bits per heavy atom. The monoisotopic (exact) mass is 284 g/mol. The van der Waals surface area contributed by atoms with Crippen LogP contribution in [0.3, 0.4) is 0 Å². The van der Waals surface area contributed by atoms with E-state index in [0.717, 1.165) is 19.3 Å². The van der Waals surface area contributed by atoms with Crippen LogP contribution < -0.4 is 0 Å². The smallest absolute Gasteiger partial charge is 0.256 e. The molecule has 104 valence electrons. The van der Waals surface area contributed by atoms with Crippen molar-refractivity contribution in [1.29, 1.82) is 0 Å². The third-order valence-corrected chi connectivity index (χ3v) is 5.20. The maximum atomic E-state index is 12.6. The van der Waals surface area contributed by atoms with Crippen LogP contribution in [0.25, 0.3) is 0 Å². The van der Waals surface area contributed by atoms with Crippen LogP contribution in [0.1, 0.15) is 25.7 Å². The Bertz CT molecular complexity index is 589. The van der Waals surface area contributed by atoms with Crippen LogP contribution in [0.4, 0.5) is 0 Å². The van der Waals surface area contributed by atoms with Gasteiger partial charge in [-0.05, 0) is 25.3 Å². The van der Waals surface area contributed by atoms with Crippen LogP contribution in [0.5, 0.6) is 0 Å². The summed E-state index contributed by atoms with van der Waals surface area (Å²) in [5.41, 5.74) is 0. The number of carbonyl (C=O) groups excluding carboxylic acids is 1. The molecule has 0 amide bonds. The quantitative estimate of drug-likeness (QED) is 0.602. The van der Waals surface area contributed by atoms with E-state index in [9.17, 15) is 13.2 Å². The molecule has 7 nitrogen and oxygen atoms in total. The molecule has 0 saturated carbocycles. The van der Waals surface area contributed by atoms with Gasteiger partial charge < -0.3 is 0 Å². The molecule has 1 aliphatic heterocycles. The van der Waals surface area contributed by atoms with Crippen molar-refractivity contribution in [1.82, 2.24) is 14.1 Å². The van der Waals surface area contributed by atoms with Gasteiger partial charge in [-0.25, -0.2) is 13.2 Å². The van der Waals surface area contributed by atoms with E-state index in [0.29, 0.717) is 13.0 Å². The first-order valence-corrected chi connectivity index (χ1v) is 7.58. The first-order chi connectivity index (χ1) is 9.07. The highest BCUT2D eigenvalue weighted by Crippen LogP contribution is 2.24. The summed E-state index contributed by atoms with van der Waals surface area (Å²) < 4.78 is 27.8. The van der Waals surface area contributed by atoms with Gasteiger partial charge in [0.15, 0.2) is 5.03 Å². The van der Waals surface area contributed by atoms with Crippen molar-refractivity contribution in [3.63, 3.8) is 0 Å². The maximum Gasteiger partial charge on any atom is 0.262 e. The Hall–Kier alpha value is -1.50. The first-order valence-electron chi connectivity index (χ1n) is 6.14. The molecule has 0 N–H and O–H groups in total. The zero-order chi connectivity index (χ0) is 13.9. The predicted molar refractivity (Wildman–Crippen MR) is 67.5 cm³/mol. The molecule has 0 aliphatic carbocycles. The summed E-state index contributed by atoms with van der Waals surface area (Å²) in [5.74, 6) is 0. The summed E-state index contributed by atoms with van der Waals surface area (Å²) in [6, 6.07) is 1.45. The van der Waals surface area contributed by atoms with Crippen molar-refractivity contribution in [2.45, 2.75) is 36.9 Å². The van der Waals surface area contributed by atoms with Gasteiger partial charge in [-0.15, -0.1) is 0 Å². The second kappa shape index (κ2) is 5.64. The van der Waals surface area contributed by atoms with Gasteiger partial charge in [0.2, 0.25) is 6.08 Å². The van der Waals surface area contributed by atoms with Crippen LogP contribution in [0, 0.1) is 0 Å². The third kappa shape index (κ3) is 2.75. The largest absolute Gasteiger partial charge is 0.262 e. The molecule has 0 spiro atoms. The van der Waals surface area contributed by atoms with Crippen molar-refractivity contribution in [2.75, 3.05) is 6.54 Å². The Morgan fingerprint density at radius 3 is 2.84 bits per heavy atom. The molecule has 0 radical (unpaired) electrons. The van der Waals surface area contributed by atoms with Gasteiger partial charge in [0.1, 0.15) is 6.17 Å². The topological polar surface area (TPSA) is 84.6 Å². The highest BCUT2D eigenvalue weighted by Gasteiger charge is 2.34. The van der Waals surface area contributed by atoms with E-state index in [4.69, 9.17) is 0 Å². The molecule has 19 heavy (non-hydrogen) atoms. The minimum atomic E-state index is -3.68. The van der Waals surface area contributed by atoms with Crippen molar-refractivity contribution in [3.05, 3.63) is 12.3 Å². The molecule has 0 bridgehead atoms. The average molecular weight is 284 g/mol. The molecule has 1 aliphatic rings. The lowest BCUT2D eigenvalue weighted by Gasteiger charge is -2.24. The zero-order valence-electron chi connectivity index (χ0n) is 10.7. The fraction of sp³-hybridized carbons (Fsp3) is 0.636. The number of nitrogens with zero attached hydrogens (tertiary/aromatic N) is 4. The molecule has 2 heterocycles. The maximum absolute atomic E-state index is 12.6. The Morgan fingerprint density at radius 2 is 2.21 bits per heavy atom. The van der Waals surface area contributed by atoms with Crippen LogP contribution in [0.15, 0.2) is 22.3 Å². The lowest BCUT2D eigenvalue weighted by Crippen LogP contribution is -2.39. The highest BCUT2D eigenvalue weighted by molar-refractivity contribution is 7.89. The van der Waals surface area contributed by atoms with Crippen molar-refractivity contribution in [3.8, 4) is 0 Å². The molecule has 2 rings (SSSR count). The lowest BCUT2D eigenvalue weighted by molar-refractivity contribution is 0.327. The number of isocyanates is 1. The van der Waals surface area contributed by atoms with Gasteiger partial charge in [0.05, 0.1) is 6.20 Å². The van der Waals surface area contributed by atoms with Gasteiger partial charge in [0, 0.05) is 13.6 Å². The molecule has 1 aromatic heterocycles. The van der Waals surface area contributed by atoms with E-state index in [1.54, 1.807) is 7.05 Å². The SMILES string of the molecule is Cn1nccc1S(=O)(=O)N1CCCCCC1N=C=O. The number of aliphatic imine (C=N–C) groups is 1. The number of aromatic nitrogens is 2. The third-order valence-electron chi connectivity index (χ3n) is 3.22. The van der Waals surface area contributed by atoms with E-state index in [1.807, 2.05) is 0 Å². The second-order valence-electron chi connectivity index (χ2n) is 4.46. The number of rotatable bonds is 3. The second-order valence-corrected chi connectivity index (χ2v) is 6.30. The van der Waals surface area contributed by atoms with Crippen molar-refractivity contribution >= 4 is 16.1 Å².